The van der Waals surface area contributed by atoms with E-state index in [9.17, 15) is 14.7 Å². The predicted molar refractivity (Wildman–Crippen MR) is 66.4 cm³/mol. The highest BCUT2D eigenvalue weighted by Gasteiger charge is 2.26. The second-order valence-corrected chi connectivity index (χ2v) is 4.93. The van der Waals surface area contributed by atoms with Crippen LogP contribution < -0.4 is 0 Å². The lowest BCUT2D eigenvalue weighted by atomic mass is 9.98. The van der Waals surface area contributed by atoms with Gasteiger partial charge < -0.3 is 10.2 Å². The van der Waals surface area contributed by atoms with E-state index in [1.54, 1.807) is 12.1 Å². The molecule has 1 rings (SSSR count). The summed E-state index contributed by atoms with van der Waals surface area (Å²) in [6.45, 7) is 1.49. The lowest BCUT2D eigenvalue weighted by Crippen LogP contribution is -2.19. The average Bonchev–Trinajstić information content (AvgIpc) is 2.26. The van der Waals surface area contributed by atoms with Crippen LogP contribution in [0.4, 0.5) is 0 Å². The van der Waals surface area contributed by atoms with E-state index < -0.39 is 23.2 Å². The number of hydrogen-bond donors (Lipinski definition) is 2. The molecule has 0 aromatic heterocycles. The first-order valence-electron chi connectivity index (χ1n) is 4.73. The van der Waals surface area contributed by atoms with Crippen molar-refractivity contribution in [3.63, 3.8) is 0 Å². The van der Waals surface area contributed by atoms with Gasteiger partial charge in [0.1, 0.15) is 0 Å². The van der Waals surface area contributed by atoms with Crippen molar-refractivity contribution in [2.24, 2.45) is 0 Å². The zero-order valence-electron chi connectivity index (χ0n) is 8.85. The van der Waals surface area contributed by atoms with Crippen molar-refractivity contribution in [3.8, 4) is 0 Å². The van der Waals surface area contributed by atoms with Crippen LogP contribution in [0.3, 0.4) is 0 Å². The van der Waals surface area contributed by atoms with Gasteiger partial charge in [0.25, 0.3) is 0 Å². The molecule has 2 unspecified atom stereocenters. The van der Waals surface area contributed by atoms with E-state index in [-0.39, 0.29) is 11.1 Å². The third kappa shape index (κ3) is 3.06. The average molecular weight is 322 g/mol. The van der Waals surface area contributed by atoms with Crippen LogP contribution in [0.25, 0.3) is 0 Å². The first kappa shape index (κ1) is 14.2. The Morgan fingerprint density at radius 1 is 1.41 bits per heavy atom. The Bertz CT molecular complexity index is 459. The Kier molecular flexibility index (Phi) is 4.68. The molecule has 92 valence electrons. The summed E-state index contributed by atoms with van der Waals surface area (Å²) in [7, 11) is 0. The van der Waals surface area contributed by atoms with E-state index in [4.69, 9.17) is 16.7 Å². The molecule has 0 heterocycles. The molecule has 0 amide bonds. The number of carboxylic acid groups (broad SMARTS) is 1. The highest BCUT2D eigenvalue weighted by atomic mass is 79.9. The Morgan fingerprint density at radius 2 is 2.00 bits per heavy atom. The molecule has 1 aromatic carbocycles. The third-order valence-corrected chi connectivity index (χ3v) is 3.04. The maximum absolute atomic E-state index is 11.8. The fourth-order valence-electron chi connectivity index (χ4n) is 1.36. The van der Waals surface area contributed by atoms with Crippen LogP contribution in [0.5, 0.6) is 0 Å². The molecule has 0 spiro atoms. The van der Waals surface area contributed by atoms with E-state index in [1.807, 2.05) is 0 Å². The van der Waals surface area contributed by atoms with Crippen molar-refractivity contribution < 1.29 is 19.8 Å². The van der Waals surface area contributed by atoms with Crippen molar-refractivity contribution in [1.82, 2.24) is 0 Å². The smallest absolute Gasteiger partial charge is 0.337 e. The summed E-state index contributed by atoms with van der Waals surface area (Å²) in [5.74, 6) is -1.85. The van der Waals surface area contributed by atoms with Crippen molar-refractivity contribution in [2.75, 3.05) is 0 Å². The van der Waals surface area contributed by atoms with Crippen molar-refractivity contribution in [3.05, 3.63) is 33.8 Å². The number of ketones is 1. The molecule has 0 bridgehead atoms. The van der Waals surface area contributed by atoms with Gasteiger partial charge in [-0.25, -0.2) is 4.79 Å². The molecule has 2 atom stereocenters. The molecule has 0 aliphatic rings. The van der Waals surface area contributed by atoms with Gasteiger partial charge in [-0.1, -0.05) is 28.1 Å². The summed E-state index contributed by atoms with van der Waals surface area (Å²) >= 11 is 8.84. The number of benzene rings is 1. The van der Waals surface area contributed by atoms with Crippen LogP contribution in [-0.2, 0) is 4.79 Å². The Balaban J connectivity index is 3.36. The molecule has 0 radical (unpaired) electrons. The number of rotatable bonds is 4. The fraction of sp³-hybridized carbons (Fsp3) is 0.273. The lowest BCUT2D eigenvalue weighted by molar-refractivity contribution is -0.146. The molecular formula is C11H10BrClO4. The van der Waals surface area contributed by atoms with E-state index in [0.717, 1.165) is 0 Å². The number of carboxylic acids is 1. The van der Waals surface area contributed by atoms with Crippen LogP contribution in [0, 0.1) is 0 Å². The van der Waals surface area contributed by atoms with Gasteiger partial charge >= 0.3 is 5.97 Å². The lowest BCUT2D eigenvalue weighted by Gasteiger charge is -2.14. The first-order chi connectivity index (χ1) is 7.86. The molecule has 0 saturated heterocycles. The molecule has 0 fully saturated rings. The molecule has 0 aliphatic heterocycles. The second-order valence-electron chi connectivity index (χ2n) is 3.43. The van der Waals surface area contributed by atoms with Gasteiger partial charge in [0.15, 0.2) is 11.9 Å². The van der Waals surface area contributed by atoms with Crippen LogP contribution >= 0.6 is 27.5 Å². The molecule has 0 aliphatic carbocycles. The van der Waals surface area contributed by atoms with Gasteiger partial charge in [0.2, 0.25) is 0 Å². The van der Waals surface area contributed by atoms with Crippen molar-refractivity contribution in [1.29, 1.82) is 0 Å². The highest BCUT2D eigenvalue weighted by Crippen LogP contribution is 2.28. The Labute approximate surface area is 111 Å². The summed E-state index contributed by atoms with van der Waals surface area (Å²) in [5.41, 5.74) is 0.134. The maximum Gasteiger partial charge on any atom is 0.337 e. The highest BCUT2D eigenvalue weighted by molar-refractivity contribution is 9.10. The van der Waals surface area contributed by atoms with E-state index in [0.29, 0.717) is 4.47 Å². The minimum Gasteiger partial charge on any atom is -0.479 e. The molecule has 17 heavy (non-hydrogen) atoms. The van der Waals surface area contributed by atoms with Crippen LogP contribution in [0.1, 0.15) is 28.9 Å². The van der Waals surface area contributed by atoms with Gasteiger partial charge in [0, 0.05) is 15.6 Å². The topological polar surface area (TPSA) is 74.6 Å². The molecular weight excluding hydrogens is 311 g/mol. The number of carbonyl (C=O) groups is 2. The summed E-state index contributed by atoms with van der Waals surface area (Å²) in [6, 6.07) is 4.52. The molecule has 1 aromatic rings. The number of aliphatic carboxylic acids is 1. The first-order valence-corrected chi connectivity index (χ1v) is 5.96. The largest absolute Gasteiger partial charge is 0.479 e. The van der Waals surface area contributed by atoms with Crippen molar-refractivity contribution in [2.45, 2.75) is 18.4 Å². The minimum absolute atomic E-state index is 0.0318. The number of aliphatic hydroxyl groups is 1. The third-order valence-electron chi connectivity index (χ3n) is 2.18. The Hall–Kier alpha value is -0.910. The summed E-state index contributed by atoms with van der Waals surface area (Å²) in [6.07, 6.45) is -1.75. The second kappa shape index (κ2) is 5.62. The number of carbonyl (C=O) groups excluding carboxylic acids is 1. The van der Waals surface area contributed by atoms with E-state index >= 15 is 0 Å². The number of aliphatic hydroxyl groups excluding tert-OH is 1. The van der Waals surface area contributed by atoms with Gasteiger partial charge in [-0.3, -0.25) is 4.79 Å². The van der Waals surface area contributed by atoms with E-state index in [2.05, 4.69) is 15.9 Å². The van der Waals surface area contributed by atoms with Gasteiger partial charge in [-0.2, -0.15) is 0 Å². The zero-order chi connectivity index (χ0) is 13.2. The van der Waals surface area contributed by atoms with Gasteiger partial charge in [-0.05, 0) is 13.0 Å². The van der Waals surface area contributed by atoms with Crippen LogP contribution in [0.2, 0.25) is 0 Å². The molecule has 4 nitrogen and oxygen atoms in total. The number of halogens is 2. The van der Waals surface area contributed by atoms with Gasteiger partial charge in [0.05, 0.1) is 5.38 Å². The minimum atomic E-state index is -1.75. The molecule has 2 N–H and O–H groups in total. The number of alkyl halides is 1. The standard InChI is InChI=1S/C11H10BrClO4/c1-5(13)9(14)8-6(10(15)11(16)17)3-2-4-7(8)12/h2-5,10,15H,1H3,(H,16,17). The SMILES string of the molecule is CC(Cl)C(=O)c1c(Br)cccc1C(O)C(=O)O. The predicted octanol–water partition coefficient (Wildman–Crippen LogP) is 2.38. The monoisotopic (exact) mass is 320 g/mol. The molecule has 0 saturated carbocycles. The van der Waals surface area contributed by atoms with Crippen LogP contribution in [-0.4, -0.2) is 27.3 Å². The van der Waals surface area contributed by atoms with Crippen molar-refractivity contribution >= 4 is 39.3 Å². The number of hydrogen-bond acceptors (Lipinski definition) is 3. The quantitative estimate of drug-likeness (QED) is 0.659. The maximum atomic E-state index is 11.8. The number of Topliss-reactive ketones (excluding diaryl/α,β-unsaturated/α-hetero) is 1. The summed E-state index contributed by atoms with van der Waals surface area (Å²) in [4.78, 5) is 22.6. The fourth-order valence-corrected chi connectivity index (χ4v) is 2.05. The zero-order valence-corrected chi connectivity index (χ0v) is 11.2. The van der Waals surface area contributed by atoms with E-state index in [1.165, 1.54) is 13.0 Å². The normalized spacial score (nSPS) is 14.1. The van der Waals surface area contributed by atoms with Gasteiger partial charge in [-0.15, -0.1) is 11.6 Å². The van der Waals surface area contributed by atoms with Crippen LogP contribution in [0.15, 0.2) is 22.7 Å². The summed E-state index contributed by atoms with van der Waals surface area (Å²) < 4.78 is 0.410. The molecule has 6 heteroatoms. The summed E-state index contributed by atoms with van der Waals surface area (Å²) in [5, 5.41) is 17.5. The Morgan fingerprint density at radius 3 is 2.47 bits per heavy atom.